The molecular formula is C28H33F3N8O2. The number of hydrogen-bond donors (Lipinski definition) is 0. The molecule has 0 saturated carbocycles. The first-order valence-corrected chi connectivity index (χ1v) is 13.4. The van der Waals surface area contributed by atoms with Crippen molar-refractivity contribution in [3.05, 3.63) is 48.5 Å². The molecule has 0 spiro atoms. The summed E-state index contributed by atoms with van der Waals surface area (Å²) in [4.78, 5) is 26.1. The van der Waals surface area contributed by atoms with E-state index < -0.39 is 18.3 Å². The number of alkyl halides is 3. The molecule has 4 aromatic rings. The predicted molar refractivity (Wildman–Crippen MR) is 148 cm³/mol. The Morgan fingerprint density at radius 3 is 2.59 bits per heavy atom. The zero-order chi connectivity index (χ0) is 29.5. The maximum Gasteiger partial charge on any atom is 0.410 e. The van der Waals surface area contributed by atoms with E-state index in [1.807, 2.05) is 39.8 Å². The number of aromatic nitrogens is 6. The van der Waals surface area contributed by atoms with Gasteiger partial charge in [-0.15, -0.1) is 0 Å². The van der Waals surface area contributed by atoms with Gasteiger partial charge in [-0.3, -0.25) is 9.67 Å². The van der Waals surface area contributed by atoms with Gasteiger partial charge in [0.2, 0.25) is 0 Å². The molecule has 0 aromatic carbocycles. The Balaban J connectivity index is 1.42. The second-order valence-electron chi connectivity index (χ2n) is 11.5. The van der Waals surface area contributed by atoms with Crippen molar-refractivity contribution in [1.29, 1.82) is 0 Å². The van der Waals surface area contributed by atoms with Crippen molar-refractivity contribution in [3.8, 4) is 17.1 Å². The molecule has 1 unspecified atom stereocenters. The summed E-state index contributed by atoms with van der Waals surface area (Å²) in [6.07, 6.45) is 1.31. The number of halogens is 3. The third kappa shape index (κ3) is 6.60. The van der Waals surface area contributed by atoms with Gasteiger partial charge < -0.3 is 14.5 Å². The van der Waals surface area contributed by atoms with Gasteiger partial charge in [0.15, 0.2) is 5.82 Å². The molecule has 1 atom stereocenters. The molecule has 0 bridgehead atoms. The van der Waals surface area contributed by atoms with Crippen LogP contribution in [0.25, 0.3) is 28.0 Å². The van der Waals surface area contributed by atoms with E-state index in [1.165, 1.54) is 12.4 Å². The Labute approximate surface area is 235 Å². The quantitative estimate of drug-likeness (QED) is 0.331. The van der Waals surface area contributed by atoms with Gasteiger partial charge in [-0.05, 0) is 51.3 Å². The summed E-state index contributed by atoms with van der Waals surface area (Å²) in [5, 5.41) is 9.12. The average molecular weight is 571 g/mol. The maximum absolute atomic E-state index is 12.8. The van der Waals surface area contributed by atoms with Crippen LogP contribution in [-0.4, -0.2) is 78.5 Å². The molecule has 13 heteroatoms. The first-order valence-electron chi connectivity index (χ1n) is 13.4. The van der Waals surface area contributed by atoms with E-state index in [2.05, 4.69) is 27.0 Å². The third-order valence-corrected chi connectivity index (χ3v) is 6.65. The topological polar surface area (TPSA) is 94.2 Å². The van der Waals surface area contributed by atoms with E-state index in [0.717, 1.165) is 21.4 Å². The molecule has 1 aliphatic heterocycles. The Kier molecular flexibility index (Phi) is 7.39. The fourth-order valence-electron chi connectivity index (χ4n) is 4.89. The number of anilines is 1. The van der Waals surface area contributed by atoms with Gasteiger partial charge >= 0.3 is 12.3 Å². The smallest absolute Gasteiger partial charge is 0.410 e. The van der Waals surface area contributed by atoms with E-state index in [0.29, 0.717) is 48.8 Å². The van der Waals surface area contributed by atoms with Crippen LogP contribution in [-0.2, 0) is 11.3 Å². The van der Waals surface area contributed by atoms with E-state index >= 15 is 0 Å². The first kappa shape index (κ1) is 28.4. The lowest BCUT2D eigenvalue weighted by Crippen LogP contribution is -2.40. The summed E-state index contributed by atoms with van der Waals surface area (Å²) in [5.41, 5.74) is 2.08. The second kappa shape index (κ2) is 10.7. The number of hydrogen-bond acceptors (Lipinski definition) is 7. The molecule has 1 amide bonds. The van der Waals surface area contributed by atoms with E-state index in [9.17, 15) is 18.0 Å². The number of fused-ring (bicyclic) bond motifs is 1. The van der Waals surface area contributed by atoms with Crippen molar-refractivity contribution >= 4 is 22.8 Å². The van der Waals surface area contributed by atoms with Crippen LogP contribution < -0.4 is 4.90 Å². The molecule has 5 heterocycles. The molecule has 1 saturated heterocycles. The van der Waals surface area contributed by atoms with Gasteiger partial charge in [-0.1, -0.05) is 13.0 Å². The molecule has 10 nitrogen and oxygen atoms in total. The lowest BCUT2D eigenvalue weighted by Gasteiger charge is -2.27. The van der Waals surface area contributed by atoms with Gasteiger partial charge in [-0.25, -0.2) is 14.5 Å². The molecule has 1 aliphatic rings. The van der Waals surface area contributed by atoms with Crippen LogP contribution in [0.3, 0.4) is 0 Å². The van der Waals surface area contributed by atoms with Crippen LogP contribution in [0.2, 0.25) is 0 Å². The van der Waals surface area contributed by atoms with E-state index in [1.54, 1.807) is 28.0 Å². The lowest BCUT2D eigenvalue weighted by atomic mass is 10.1. The molecule has 4 aromatic heterocycles. The van der Waals surface area contributed by atoms with Gasteiger partial charge in [0, 0.05) is 49.5 Å². The number of amides is 1. The highest BCUT2D eigenvalue weighted by Crippen LogP contribution is 2.27. The summed E-state index contributed by atoms with van der Waals surface area (Å²) in [7, 11) is 0. The molecule has 0 radical (unpaired) electrons. The standard InChI is InChI=1S/C28H33F3N8O2/c1-18-14-36(8-9-37(15-18)26(40)41-27(3,4)5)25-19(2)6-7-24(35-25)39-23-10-22(32-11-20(23)12-34-39)21-13-33-38(16-21)17-28(29,30)31/h6-7,10-13,16,18H,8-9,14-15,17H2,1-5H3. The van der Waals surface area contributed by atoms with Gasteiger partial charge in [0.25, 0.3) is 0 Å². The first-order chi connectivity index (χ1) is 19.3. The molecule has 41 heavy (non-hydrogen) atoms. The SMILES string of the molecule is Cc1ccc(-n2ncc3cnc(-c4cnn(CC(F)(F)F)c4)cc32)nc1N1CCN(C(=O)OC(C)(C)C)CC(C)C1. The summed E-state index contributed by atoms with van der Waals surface area (Å²) in [6.45, 7) is 10.9. The monoisotopic (exact) mass is 570 g/mol. The van der Waals surface area contributed by atoms with Gasteiger partial charge in [0.1, 0.15) is 18.0 Å². The largest absolute Gasteiger partial charge is 0.444 e. The highest BCUT2D eigenvalue weighted by Gasteiger charge is 2.29. The number of carbonyl (C=O) groups is 1. The number of ether oxygens (including phenoxy) is 1. The van der Waals surface area contributed by atoms with Crippen LogP contribution >= 0.6 is 0 Å². The van der Waals surface area contributed by atoms with Crippen molar-refractivity contribution in [2.45, 2.75) is 52.9 Å². The minimum Gasteiger partial charge on any atom is -0.444 e. The summed E-state index contributed by atoms with van der Waals surface area (Å²) < 4.78 is 46.5. The van der Waals surface area contributed by atoms with Crippen molar-refractivity contribution in [3.63, 3.8) is 0 Å². The molecular weight excluding hydrogens is 537 g/mol. The Bertz CT molecular complexity index is 1560. The van der Waals surface area contributed by atoms with Crippen molar-refractivity contribution in [2.75, 3.05) is 31.1 Å². The Hall–Kier alpha value is -4.16. The van der Waals surface area contributed by atoms with Crippen molar-refractivity contribution in [2.24, 2.45) is 5.92 Å². The van der Waals surface area contributed by atoms with Crippen LogP contribution in [0.15, 0.2) is 43.0 Å². The van der Waals surface area contributed by atoms with Crippen LogP contribution in [0.4, 0.5) is 23.8 Å². The van der Waals surface area contributed by atoms with Crippen molar-refractivity contribution in [1.82, 2.24) is 34.4 Å². The minimum absolute atomic E-state index is 0.187. The fourth-order valence-corrected chi connectivity index (χ4v) is 4.89. The fraction of sp³-hybridized carbons (Fsp3) is 0.464. The number of aryl methyl sites for hydroxylation is 1. The Morgan fingerprint density at radius 2 is 1.85 bits per heavy atom. The molecule has 1 fully saturated rings. The number of nitrogens with zero attached hydrogens (tertiary/aromatic N) is 8. The Morgan fingerprint density at radius 1 is 1.07 bits per heavy atom. The average Bonchev–Trinajstić information content (AvgIpc) is 3.45. The minimum atomic E-state index is -4.37. The highest BCUT2D eigenvalue weighted by molar-refractivity contribution is 5.83. The predicted octanol–water partition coefficient (Wildman–Crippen LogP) is 5.24. The summed E-state index contributed by atoms with van der Waals surface area (Å²) in [5.74, 6) is 1.57. The van der Waals surface area contributed by atoms with Crippen LogP contribution in [0.5, 0.6) is 0 Å². The molecule has 218 valence electrons. The number of carbonyl (C=O) groups excluding carboxylic acids is 1. The summed E-state index contributed by atoms with van der Waals surface area (Å²) in [6, 6.07) is 5.63. The number of pyridine rings is 2. The molecule has 5 rings (SSSR count). The normalized spacial score (nSPS) is 16.7. The molecule has 0 aliphatic carbocycles. The van der Waals surface area contributed by atoms with Crippen LogP contribution in [0.1, 0.15) is 33.3 Å². The van der Waals surface area contributed by atoms with Gasteiger partial charge in [-0.2, -0.15) is 23.4 Å². The zero-order valence-electron chi connectivity index (χ0n) is 23.7. The summed E-state index contributed by atoms with van der Waals surface area (Å²) >= 11 is 0. The van der Waals surface area contributed by atoms with Crippen LogP contribution in [0, 0.1) is 12.8 Å². The second-order valence-corrected chi connectivity index (χ2v) is 11.5. The number of rotatable bonds is 4. The van der Waals surface area contributed by atoms with E-state index in [-0.39, 0.29) is 12.0 Å². The van der Waals surface area contributed by atoms with Crippen molar-refractivity contribution < 1.29 is 22.7 Å². The zero-order valence-corrected chi connectivity index (χ0v) is 23.7. The highest BCUT2D eigenvalue weighted by atomic mass is 19.4. The maximum atomic E-state index is 12.8. The van der Waals surface area contributed by atoms with Gasteiger partial charge in [0.05, 0.1) is 23.6 Å². The molecule has 0 N–H and O–H groups in total. The van der Waals surface area contributed by atoms with E-state index in [4.69, 9.17) is 9.72 Å². The lowest BCUT2D eigenvalue weighted by molar-refractivity contribution is -0.142. The third-order valence-electron chi connectivity index (χ3n) is 6.65.